The second-order valence-corrected chi connectivity index (χ2v) is 4.83. The van der Waals surface area contributed by atoms with E-state index in [4.69, 9.17) is 0 Å². The van der Waals surface area contributed by atoms with E-state index in [1.54, 1.807) is 0 Å². The quantitative estimate of drug-likeness (QED) is 0.718. The lowest BCUT2D eigenvalue weighted by atomic mass is 10.0. The lowest BCUT2D eigenvalue weighted by Gasteiger charge is -2.13. The van der Waals surface area contributed by atoms with Crippen LogP contribution in [0.15, 0.2) is 30.6 Å². The molecule has 2 heterocycles. The molecule has 2 aromatic rings. The van der Waals surface area contributed by atoms with Gasteiger partial charge in [-0.05, 0) is 44.4 Å². The molecule has 1 aliphatic carbocycles. The number of aryl methyl sites for hydroxylation is 1. The van der Waals surface area contributed by atoms with Crippen molar-refractivity contribution in [1.29, 1.82) is 0 Å². The normalized spacial score (nSPS) is 15.3. The van der Waals surface area contributed by atoms with Crippen LogP contribution in [-0.4, -0.2) is 15.3 Å². The predicted octanol–water partition coefficient (Wildman–Crippen LogP) is 3.09. The zero-order valence-corrected chi connectivity index (χ0v) is 10.5. The molecular formula is C15H16N2O. The van der Waals surface area contributed by atoms with E-state index >= 15 is 0 Å². The molecule has 18 heavy (non-hydrogen) atoms. The lowest BCUT2D eigenvalue weighted by Crippen LogP contribution is -2.09. The Bertz CT molecular complexity index is 585. The number of Topliss-reactive ketones (excluding diaryl/α,β-unsaturated/α-hetero) is 1. The van der Waals surface area contributed by atoms with Gasteiger partial charge in [-0.25, -0.2) is 4.98 Å². The van der Waals surface area contributed by atoms with Crippen LogP contribution in [0.3, 0.4) is 0 Å². The molecule has 0 bridgehead atoms. The molecule has 0 atom stereocenters. The summed E-state index contributed by atoms with van der Waals surface area (Å²) >= 11 is 0. The molecule has 0 fully saturated rings. The van der Waals surface area contributed by atoms with Crippen LogP contribution in [-0.2, 0) is 6.42 Å². The van der Waals surface area contributed by atoms with Gasteiger partial charge in [-0.1, -0.05) is 0 Å². The fourth-order valence-corrected chi connectivity index (χ4v) is 2.59. The number of ketones is 1. The molecule has 0 saturated heterocycles. The second kappa shape index (κ2) is 4.41. The van der Waals surface area contributed by atoms with Crippen molar-refractivity contribution in [3.8, 4) is 5.69 Å². The Kier molecular flexibility index (Phi) is 2.74. The van der Waals surface area contributed by atoms with Crippen molar-refractivity contribution >= 4 is 5.78 Å². The van der Waals surface area contributed by atoms with Crippen LogP contribution in [0, 0.1) is 6.92 Å². The third-order valence-electron chi connectivity index (χ3n) is 3.46. The first-order valence-electron chi connectivity index (χ1n) is 6.43. The van der Waals surface area contributed by atoms with E-state index in [1.807, 2.05) is 31.5 Å². The summed E-state index contributed by atoms with van der Waals surface area (Å²) in [5, 5.41) is 0. The van der Waals surface area contributed by atoms with Gasteiger partial charge in [0.05, 0.1) is 5.69 Å². The van der Waals surface area contributed by atoms with Crippen LogP contribution >= 0.6 is 0 Å². The van der Waals surface area contributed by atoms with E-state index in [-0.39, 0.29) is 5.78 Å². The largest absolute Gasteiger partial charge is 0.323 e. The highest BCUT2D eigenvalue weighted by molar-refractivity contribution is 5.96. The van der Waals surface area contributed by atoms with Crippen molar-refractivity contribution in [3.63, 3.8) is 0 Å². The van der Waals surface area contributed by atoms with Crippen molar-refractivity contribution in [3.05, 3.63) is 47.5 Å². The number of carbonyl (C=O) groups excluding carboxylic acids is 1. The van der Waals surface area contributed by atoms with Crippen molar-refractivity contribution in [2.75, 3.05) is 0 Å². The maximum atomic E-state index is 12.1. The zero-order chi connectivity index (χ0) is 12.5. The summed E-state index contributed by atoms with van der Waals surface area (Å²) in [6.07, 6.45) is 7.66. The summed E-state index contributed by atoms with van der Waals surface area (Å²) in [7, 11) is 0. The van der Waals surface area contributed by atoms with Gasteiger partial charge in [0.2, 0.25) is 0 Å². The molecule has 2 aromatic heterocycles. The molecule has 0 aliphatic heterocycles. The number of nitrogens with zero attached hydrogens (tertiary/aromatic N) is 2. The summed E-state index contributed by atoms with van der Waals surface area (Å²) in [5.74, 6) is 0.194. The Labute approximate surface area is 106 Å². The Balaban J connectivity index is 2.23. The second-order valence-electron chi connectivity index (χ2n) is 4.83. The van der Waals surface area contributed by atoms with E-state index in [2.05, 4.69) is 15.6 Å². The fraction of sp³-hybridized carbons (Fsp3) is 0.333. The van der Waals surface area contributed by atoms with Gasteiger partial charge in [0.1, 0.15) is 5.69 Å². The SMILES string of the molecule is Cc1cc(-n2cccc2)c2c(n1)C(=O)CCCC2. The lowest BCUT2D eigenvalue weighted by molar-refractivity contribution is 0.0977. The third kappa shape index (κ3) is 1.86. The molecule has 0 aromatic carbocycles. The Morgan fingerprint density at radius 3 is 2.67 bits per heavy atom. The minimum absolute atomic E-state index is 0.194. The smallest absolute Gasteiger partial charge is 0.181 e. The molecule has 0 saturated carbocycles. The number of hydrogen-bond donors (Lipinski definition) is 0. The van der Waals surface area contributed by atoms with Crippen LogP contribution in [0.5, 0.6) is 0 Å². The van der Waals surface area contributed by atoms with E-state index in [0.29, 0.717) is 12.1 Å². The fourth-order valence-electron chi connectivity index (χ4n) is 2.59. The van der Waals surface area contributed by atoms with Gasteiger partial charge in [-0.15, -0.1) is 0 Å². The standard InChI is InChI=1S/C15H16N2O/c1-11-10-13(17-8-4-5-9-17)12-6-2-3-7-14(18)15(12)16-11/h4-5,8-10H,2-3,6-7H2,1H3. The predicted molar refractivity (Wildman–Crippen MR) is 70.2 cm³/mol. The first-order chi connectivity index (χ1) is 8.75. The molecule has 3 nitrogen and oxygen atoms in total. The van der Waals surface area contributed by atoms with E-state index in [9.17, 15) is 4.79 Å². The molecule has 0 N–H and O–H groups in total. The molecule has 0 unspecified atom stereocenters. The minimum atomic E-state index is 0.194. The molecule has 1 aliphatic rings. The van der Waals surface area contributed by atoms with Gasteiger partial charge in [-0.3, -0.25) is 4.79 Å². The molecule has 3 heteroatoms. The van der Waals surface area contributed by atoms with Gasteiger partial charge in [-0.2, -0.15) is 0 Å². The maximum absolute atomic E-state index is 12.1. The maximum Gasteiger partial charge on any atom is 0.181 e. The van der Waals surface area contributed by atoms with Crippen LogP contribution in [0.25, 0.3) is 5.69 Å². The van der Waals surface area contributed by atoms with Gasteiger partial charge in [0.15, 0.2) is 5.78 Å². The van der Waals surface area contributed by atoms with Crippen LogP contribution < -0.4 is 0 Å². The number of pyridine rings is 1. The summed E-state index contributed by atoms with van der Waals surface area (Å²) < 4.78 is 2.08. The van der Waals surface area contributed by atoms with Gasteiger partial charge in [0.25, 0.3) is 0 Å². The molecule has 3 rings (SSSR count). The average Bonchev–Trinajstić information content (AvgIpc) is 2.82. The van der Waals surface area contributed by atoms with Crippen LogP contribution in [0.4, 0.5) is 0 Å². The minimum Gasteiger partial charge on any atom is -0.323 e. The van der Waals surface area contributed by atoms with Gasteiger partial charge < -0.3 is 4.57 Å². The first kappa shape index (κ1) is 11.2. The van der Waals surface area contributed by atoms with E-state index < -0.39 is 0 Å². The summed E-state index contributed by atoms with van der Waals surface area (Å²) in [5.41, 5.74) is 3.82. The highest BCUT2D eigenvalue weighted by Gasteiger charge is 2.20. The Morgan fingerprint density at radius 2 is 1.89 bits per heavy atom. The van der Waals surface area contributed by atoms with Crippen LogP contribution in [0.2, 0.25) is 0 Å². The first-order valence-corrected chi connectivity index (χ1v) is 6.43. The molecule has 0 radical (unpaired) electrons. The van der Waals surface area contributed by atoms with Gasteiger partial charge in [0, 0.05) is 30.1 Å². The highest BCUT2D eigenvalue weighted by Crippen LogP contribution is 2.26. The van der Waals surface area contributed by atoms with E-state index in [0.717, 1.165) is 36.2 Å². The summed E-state index contributed by atoms with van der Waals surface area (Å²) in [4.78, 5) is 16.6. The third-order valence-corrected chi connectivity index (χ3v) is 3.46. The zero-order valence-electron chi connectivity index (χ0n) is 10.5. The number of rotatable bonds is 1. The van der Waals surface area contributed by atoms with Crippen molar-refractivity contribution in [2.24, 2.45) is 0 Å². The molecule has 0 amide bonds. The van der Waals surface area contributed by atoms with Crippen molar-refractivity contribution < 1.29 is 4.79 Å². The summed E-state index contributed by atoms with van der Waals surface area (Å²) in [6, 6.07) is 6.07. The number of carbonyl (C=O) groups is 1. The number of hydrogen-bond acceptors (Lipinski definition) is 2. The van der Waals surface area contributed by atoms with Crippen molar-refractivity contribution in [1.82, 2.24) is 9.55 Å². The summed E-state index contributed by atoms with van der Waals surface area (Å²) in [6.45, 7) is 1.95. The highest BCUT2D eigenvalue weighted by atomic mass is 16.1. The number of fused-ring (bicyclic) bond motifs is 1. The monoisotopic (exact) mass is 240 g/mol. The van der Waals surface area contributed by atoms with Crippen molar-refractivity contribution in [2.45, 2.75) is 32.6 Å². The Hall–Kier alpha value is -1.90. The Morgan fingerprint density at radius 1 is 1.17 bits per heavy atom. The molecular weight excluding hydrogens is 224 g/mol. The average molecular weight is 240 g/mol. The topological polar surface area (TPSA) is 34.9 Å². The van der Waals surface area contributed by atoms with Gasteiger partial charge >= 0.3 is 0 Å². The number of aromatic nitrogens is 2. The molecule has 92 valence electrons. The van der Waals surface area contributed by atoms with E-state index in [1.165, 1.54) is 0 Å². The van der Waals surface area contributed by atoms with Crippen LogP contribution in [0.1, 0.15) is 41.0 Å². The molecule has 0 spiro atoms.